The predicted octanol–water partition coefficient (Wildman–Crippen LogP) is 3.54. The molecule has 1 amide bonds. The van der Waals surface area contributed by atoms with Gasteiger partial charge in [0, 0.05) is 30.9 Å². The zero-order chi connectivity index (χ0) is 14.5. The number of carbonyl (C=O) groups is 1. The third kappa shape index (κ3) is 4.05. The second-order valence-electron chi connectivity index (χ2n) is 4.39. The highest BCUT2D eigenvalue weighted by Crippen LogP contribution is 2.15. The van der Waals surface area contributed by atoms with Crippen LogP contribution in [-0.4, -0.2) is 5.91 Å². The number of carbonyl (C=O) groups excluding carboxylic acids is 1. The Morgan fingerprint density at radius 1 is 1.00 bits per heavy atom. The number of amides is 1. The Morgan fingerprint density at radius 2 is 1.60 bits per heavy atom. The first-order valence-corrected chi connectivity index (χ1v) is 6.09. The molecule has 0 unspecified atom stereocenters. The van der Waals surface area contributed by atoms with Gasteiger partial charge in [-0.1, -0.05) is 12.1 Å². The molecule has 0 spiro atoms. The van der Waals surface area contributed by atoms with E-state index in [1.54, 1.807) is 12.1 Å². The summed E-state index contributed by atoms with van der Waals surface area (Å²) in [5, 5.41) is 5.60. The zero-order valence-corrected chi connectivity index (χ0v) is 10.9. The summed E-state index contributed by atoms with van der Waals surface area (Å²) < 4.78 is 26.0. The van der Waals surface area contributed by atoms with Crippen LogP contribution in [0.5, 0.6) is 0 Å². The second kappa shape index (κ2) is 6.14. The van der Waals surface area contributed by atoms with Crippen LogP contribution in [0, 0.1) is 11.6 Å². The lowest BCUT2D eigenvalue weighted by molar-refractivity contribution is -0.114. The minimum absolute atomic E-state index is 0.133. The van der Waals surface area contributed by atoms with Gasteiger partial charge in [0.05, 0.1) is 0 Å². The van der Waals surface area contributed by atoms with E-state index >= 15 is 0 Å². The van der Waals surface area contributed by atoms with Gasteiger partial charge in [-0.25, -0.2) is 8.78 Å². The highest BCUT2D eigenvalue weighted by atomic mass is 19.1. The summed E-state index contributed by atoms with van der Waals surface area (Å²) in [7, 11) is 0. The normalized spacial score (nSPS) is 10.2. The minimum atomic E-state index is -0.617. The van der Waals surface area contributed by atoms with Gasteiger partial charge in [0.15, 0.2) is 0 Å². The average Bonchev–Trinajstić information content (AvgIpc) is 2.36. The van der Waals surface area contributed by atoms with Crippen LogP contribution >= 0.6 is 0 Å². The van der Waals surface area contributed by atoms with Crippen LogP contribution in [0.15, 0.2) is 42.5 Å². The molecular formula is C15H14F2N2O. The predicted molar refractivity (Wildman–Crippen MR) is 74.4 cm³/mol. The molecule has 3 nitrogen and oxygen atoms in total. The van der Waals surface area contributed by atoms with Crippen LogP contribution in [0.25, 0.3) is 0 Å². The quantitative estimate of drug-likeness (QED) is 0.896. The topological polar surface area (TPSA) is 41.1 Å². The van der Waals surface area contributed by atoms with E-state index in [0.717, 1.165) is 11.6 Å². The van der Waals surface area contributed by atoms with E-state index < -0.39 is 11.6 Å². The van der Waals surface area contributed by atoms with E-state index in [9.17, 15) is 13.6 Å². The van der Waals surface area contributed by atoms with Crippen molar-refractivity contribution in [1.82, 2.24) is 0 Å². The van der Waals surface area contributed by atoms with Crippen LogP contribution in [0.4, 0.5) is 20.2 Å². The van der Waals surface area contributed by atoms with Gasteiger partial charge >= 0.3 is 0 Å². The summed E-state index contributed by atoms with van der Waals surface area (Å²) >= 11 is 0. The molecule has 0 radical (unpaired) electrons. The lowest BCUT2D eigenvalue weighted by Crippen LogP contribution is -2.06. The molecule has 0 aliphatic rings. The summed E-state index contributed by atoms with van der Waals surface area (Å²) in [6, 6.07) is 10.5. The number of nitrogens with one attached hydrogen (secondary N) is 2. The van der Waals surface area contributed by atoms with Crippen LogP contribution in [0.1, 0.15) is 12.5 Å². The van der Waals surface area contributed by atoms with Crippen molar-refractivity contribution in [2.24, 2.45) is 0 Å². The van der Waals surface area contributed by atoms with Crippen LogP contribution in [0.2, 0.25) is 0 Å². The van der Waals surface area contributed by atoms with E-state index in [-0.39, 0.29) is 5.91 Å². The molecule has 0 bridgehead atoms. The molecule has 0 atom stereocenters. The number of hydrogen-bond acceptors (Lipinski definition) is 2. The number of halogens is 2. The summed E-state index contributed by atoms with van der Waals surface area (Å²) in [5.41, 5.74) is 2.02. The Hall–Kier alpha value is -2.43. The highest BCUT2D eigenvalue weighted by molar-refractivity contribution is 5.88. The van der Waals surface area contributed by atoms with Crippen molar-refractivity contribution in [3.05, 3.63) is 59.7 Å². The summed E-state index contributed by atoms with van der Waals surface area (Å²) in [6.07, 6.45) is 0. The maximum atomic E-state index is 13.0. The number of hydrogen-bond donors (Lipinski definition) is 2. The molecule has 0 aliphatic heterocycles. The molecule has 0 heterocycles. The number of rotatable bonds is 4. The Labute approximate surface area is 115 Å². The third-order valence-corrected chi connectivity index (χ3v) is 2.63. The Morgan fingerprint density at radius 3 is 2.15 bits per heavy atom. The average molecular weight is 276 g/mol. The van der Waals surface area contributed by atoms with Crippen molar-refractivity contribution in [2.45, 2.75) is 13.5 Å². The first-order valence-electron chi connectivity index (χ1n) is 6.09. The van der Waals surface area contributed by atoms with Crippen LogP contribution in [-0.2, 0) is 11.3 Å². The lowest BCUT2D eigenvalue weighted by Gasteiger charge is -2.08. The third-order valence-electron chi connectivity index (χ3n) is 2.63. The fourth-order valence-electron chi connectivity index (χ4n) is 1.77. The molecule has 104 valence electrons. The summed E-state index contributed by atoms with van der Waals surface area (Å²) in [6.45, 7) is 1.87. The lowest BCUT2D eigenvalue weighted by atomic mass is 10.2. The number of benzene rings is 2. The molecule has 5 heteroatoms. The monoisotopic (exact) mass is 276 g/mol. The molecule has 2 N–H and O–H groups in total. The fourth-order valence-corrected chi connectivity index (χ4v) is 1.77. The van der Waals surface area contributed by atoms with E-state index in [1.165, 1.54) is 19.1 Å². The van der Waals surface area contributed by atoms with Crippen LogP contribution in [0.3, 0.4) is 0 Å². The van der Waals surface area contributed by atoms with Crippen molar-refractivity contribution in [3.8, 4) is 0 Å². The van der Waals surface area contributed by atoms with Gasteiger partial charge in [-0.15, -0.1) is 0 Å². The van der Waals surface area contributed by atoms with Gasteiger partial charge in [0.25, 0.3) is 0 Å². The molecule has 0 aliphatic carbocycles. The van der Waals surface area contributed by atoms with Crippen molar-refractivity contribution >= 4 is 17.3 Å². The van der Waals surface area contributed by atoms with Crippen molar-refractivity contribution < 1.29 is 13.6 Å². The Bertz CT molecular complexity index is 592. The van der Waals surface area contributed by atoms with Gasteiger partial charge in [-0.05, 0) is 29.8 Å². The standard InChI is InChI=1S/C15H14F2N2O/c1-10(20)19-14-4-2-11(3-5-14)9-18-15-7-12(16)6-13(17)8-15/h2-8,18H,9H2,1H3,(H,19,20). The molecule has 2 aromatic rings. The molecule has 0 saturated heterocycles. The van der Waals surface area contributed by atoms with Gasteiger partial charge in [0.1, 0.15) is 11.6 Å². The van der Waals surface area contributed by atoms with Crippen molar-refractivity contribution in [3.63, 3.8) is 0 Å². The minimum Gasteiger partial charge on any atom is -0.381 e. The largest absolute Gasteiger partial charge is 0.381 e. The van der Waals surface area contributed by atoms with Crippen LogP contribution < -0.4 is 10.6 Å². The van der Waals surface area contributed by atoms with E-state index in [4.69, 9.17) is 0 Å². The summed E-state index contributed by atoms with van der Waals surface area (Å²) in [4.78, 5) is 10.9. The molecule has 0 saturated carbocycles. The maximum Gasteiger partial charge on any atom is 0.221 e. The number of anilines is 2. The molecule has 20 heavy (non-hydrogen) atoms. The van der Waals surface area contributed by atoms with E-state index in [1.807, 2.05) is 12.1 Å². The summed E-state index contributed by atoms with van der Waals surface area (Å²) in [5.74, 6) is -1.37. The maximum absolute atomic E-state index is 13.0. The Kier molecular flexibility index (Phi) is 4.30. The first-order chi connectivity index (χ1) is 9.52. The Balaban J connectivity index is 1.98. The van der Waals surface area contributed by atoms with E-state index in [2.05, 4.69) is 10.6 Å². The molecular weight excluding hydrogens is 262 g/mol. The zero-order valence-electron chi connectivity index (χ0n) is 10.9. The molecule has 0 fully saturated rings. The van der Waals surface area contributed by atoms with Gasteiger partial charge < -0.3 is 10.6 Å². The SMILES string of the molecule is CC(=O)Nc1ccc(CNc2cc(F)cc(F)c2)cc1. The fraction of sp³-hybridized carbons (Fsp3) is 0.133. The van der Waals surface area contributed by atoms with Gasteiger partial charge in [-0.3, -0.25) is 4.79 Å². The molecule has 2 rings (SSSR count). The second-order valence-corrected chi connectivity index (χ2v) is 4.39. The van der Waals surface area contributed by atoms with Crippen molar-refractivity contribution in [2.75, 3.05) is 10.6 Å². The van der Waals surface area contributed by atoms with E-state index in [0.29, 0.717) is 17.9 Å². The van der Waals surface area contributed by atoms with Crippen molar-refractivity contribution in [1.29, 1.82) is 0 Å². The first kappa shape index (κ1) is 14.0. The van der Waals surface area contributed by atoms with Gasteiger partial charge in [-0.2, -0.15) is 0 Å². The molecule has 2 aromatic carbocycles. The highest BCUT2D eigenvalue weighted by Gasteiger charge is 2.01. The molecule has 0 aromatic heterocycles. The smallest absolute Gasteiger partial charge is 0.221 e. The van der Waals surface area contributed by atoms with Gasteiger partial charge in [0.2, 0.25) is 5.91 Å².